The summed E-state index contributed by atoms with van der Waals surface area (Å²) in [5.41, 5.74) is 7.15. The fourth-order valence-corrected chi connectivity index (χ4v) is 1.29. The Morgan fingerprint density at radius 1 is 1.17 bits per heavy atom. The normalized spacial score (nSPS) is 10.4. The molecule has 0 aliphatic heterocycles. The Hall–Kier alpha value is -2.69. The van der Waals surface area contributed by atoms with Crippen LogP contribution in [0.15, 0.2) is 48.8 Å². The highest BCUT2D eigenvalue weighted by Gasteiger charge is 1.98. The standard InChI is InChI=1S/C13H12N4O/c14-11-5-2-10(3-6-11)4-7-12(18)17-13-15-8-1-9-16-13/h1-9H,14H2,(H,15,16,17,18)/b7-4+. The van der Waals surface area contributed by atoms with Crippen molar-refractivity contribution >= 4 is 23.6 Å². The maximum Gasteiger partial charge on any atom is 0.250 e. The van der Waals surface area contributed by atoms with Gasteiger partial charge in [-0.15, -0.1) is 0 Å². The summed E-state index contributed by atoms with van der Waals surface area (Å²) in [5, 5.41) is 2.55. The minimum absolute atomic E-state index is 0.280. The molecule has 1 amide bonds. The molecule has 0 fully saturated rings. The monoisotopic (exact) mass is 240 g/mol. The first kappa shape index (κ1) is 11.8. The van der Waals surface area contributed by atoms with Gasteiger partial charge in [-0.2, -0.15) is 0 Å². The molecule has 18 heavy (non-hydrogen) atoms. The molecule has 3 N–H and O–H groups in total. The average Bonchev–Trinajstić information content (AvgIpc) is 2.39. The summed E-state index contributed by atoms with van der Waals surface area (Å²) >= 11 is 0. The number of hydrogen-bond acceptors (Lipinski definition) is 4. The third-order valence-corrected chi connectivity index (χ3v) is 2.16. The van der Waals surface area contributed by atoms with Crippen LogP contribution in [-0.2, 0) is 4.79 Å². The number of nitrogen functional groups attached to an aromatic ring is 1. The SMILES string of the molecule is Nc1ccc(/C=C/C(=O)Nc2ncccn2)cc1. The molecule has 5 heteroatoms. The summed E-state index contributed by atoms with van der Waals surface area (Å²) in [7, 11) is 0. The van der Waals surface area contributed by atoms with Crippen molar-refractivity contribution in [2.45, 2.75) is 0 Å². The molecular formula is C13H12N4O. The van der Waals surface area contributed by atoms with Gasteiger partial charge < -0.3 is 5.73 Å². The summed E-state index contributed by atoms with van der Waals surface area (Å²) in [6, 6.07) is 8.89. The number of benzene rings is 1. The van der Waals surface area contributed by atoms with E-state index in [1.165, 1.54) is 6.08 Å². The summed E-state index contributed by atoms with van der Waals surface area (Å²) in [5.74, 6) is 0.00230. The van der Waals surface area contributed by atoms with Crippen LogP contribution in [0.25, 0.3) is 6.08 Å². The van der Waals surface area contributed by atoms with Gasteiger partial charge in [0, 0.05) is 24.2 Å². The van der Waals surface area contributed by atoms with E-state index >= 15 is 0 Å². The number of rotatable bonds is 3. The molecule has 0 saturated carbocycles. The minimum atomic E-state index is -0.280. The van der Waals surface area contributed by atoms with Crippen molar-refractivity contribution in [3.63, 3.8) is 0 Å². The van der Waals surface area contributed by atoms with E-state index in [0.29, 0.717) is 5.69 Å². The molecule has 2 aromatic rings. The van der Waals surface area contributed by atoms with E-state index in [2.05, 4.69) is 15.3 Å². The van der Waals surface area contributed by atoms with Crippen molar-refractivity contribution in [2.24, 2.45) is 0 Å². The highest BCUT2D eigenvalue weighted by Crippen LogP contribution is 2.07. The molecule has 0 bridgehead atoms. The van der Waals surface area contributed by atoms with Crippen LogP contribution in [0, 0.1) is 0 Å². The zero-order valence-corrected chi connectivity index (χ0v) is 9.58. The van der Waals surface area contributed by atoms with E-state index in [1.54, 1.807) is 36.7 Å². The van der Waals surface area contributed by atoms with Crippen LogP contribution < -0.4 is 11.1 Å². The van der Waals surface area contributed by atoms with E-state index in [-0.39, 0.29) is 11.9 Å². The number of anilines is 2. The predicted molar refractivity (Wildman–Crippen MR) is 70.6 cm³/mol. The molecule has 2 rings (SSSR count). The van der Waals surface area contributed by atoms with Crippen molar-refractivity contribution < 1.29 is 4.79 Å². The highest BCUT2D eigenvalue weighted by atomic mass is 16.1. The average molecular weight is 240 g/mol. The maximum absolute atomic E-state index is 11.6. The van der Waals surface area contributed by atoms with Gasteiger partial charge in [0.1, 0.15) is 0 Å². The first-order valence-corrected chi connectivity index (χ1v) is 5.36. The van der Waals surface area contributed by atoms with E-state index in [0.717, 1.165) is 5.56 Å². The Bertz CT molecular complexity index is 549. The van der Waals surface area contributed by atoms with Crippen LogP contribution in [-0.4, -0.2) is 15.9 Å². The second kappa shape index (κ2) is 5.58. The van der Waals surface area contributed by atoms with Gasteiger partial charge in [-0.3, -0.25) is 10.1 Å². The van der Waals surface area contributed by atoms with Gasteiger partial charge in [-0.05, 0) is 29.8 Å². The number of carbonyl (C=O) groups is 1. The first-order chi connectivity index (χ1) is 8.74. The Kier molecular flexibility index (Phi) is 3.66. The van der Waals surface area contributed by atoms with Gasteiger partial charge in [0.15, 0.2) is 0 Å². The number of hydrogen-bond donors (Lipinski definition) is 2. The van der Waals surface area contributed by atoms with Crippen molar-refractivity contribution in [2.75, 3.05) is 11.1 Å². The molecule has 0 spiro atoms. The van der Waals surface area contributed by atoms with E-state index in [4.69, 9.17) is 5.73 Å². The zero-order chi connectivity index (χ0) is 12.8. The quantitative estimate of drug-likeness (QED) is 0.632. The molecule has 0 atom stereocenters. The van der Waals surface area contributed by atoms with Crippen LogP contribution in [0.4, 0.5) is 11.6 Å². The Balaban J connectivity index is 1.97. The highest BCUT2D eigenvalue weighted by molar-refractivity contribution is 6.00. The lowest BCUT2D eigenvalue weighted by molar-refractivity contribution is -0.111. The Morgan fingerprint density at radius 2 is 1.83 bits per heavy atom. The van der Waals surface area contributed by atoms with Crippen LogP contribution >= 0.6 is 0 Å². The number of nitrogens with two attached hydrogens (primary N) is 1. The summed E-state index contributed by atoms with van der Waals surface area (Å²) in [4.78, 5) is 19.3. The zero-order valence-electron chi connectivity index (χ0n) is 9.58. The Labute approximate surface area is 104 Å². The molecular weight excluding hydrogens is 228 g/mol. The predicted octanol–water partition coefficient (Wildman–Crippen LogP) is 1.71. The second-order valence-corrected chi connectivity index (χ2v) is 3.56. The molecule has 90 valence electrons. The lowest BCUT2D eigenvalue weighted by Gasteiger charge is -1.98. The molecule has 0 radical (unpaired) electrons. The molecule has 1 aromatic heterocycles. The van der Waals surface area contributed by atoms with Crippen molar-refractivity contribution in [3.8, 4) is 0 Å². The molecule has 1 heterocycles. The van der Waals surface area contributed by atoms with Crippen LogP contribution in [0.2, 0.25) is 0 Å². The number of carbonyl (C=O) groups excluding carboxylic acids is 1. The number of aromatic nitrogens is 2. The van der Waals surface area contributed by atoms with Gasteiger partial charge in [-0.25, -0.2) is 9.97 Å². The smallest absolute Gasteiger partial charge is 0.250 e. The largest absolute Gasteiger partial charge is 0.399 e. The lowest BCUT2D eigenvalue weighted by atomic mass is 10.2. The van der Waals surface area contributed by atoms with Gasteiger partial charge >= 0.3 is 0 Å². The minimum Gasteiger partial charge on any atom is -0.399 e. The molecule has 5 nitrogen and oxygen atoms in total. The number of nitrogens with zero attached hydrogens (tertiary/aromatic N) is 2. The fraction of sp³-hybridized carbons (Fsp3) is 0. The molecule has 0 saturated heterocycles. The van der Waals surface area contributed by atoms with Crippen LogP contribution in [0.5, 0.6) is 0 Å². The fourth-order valence-electron chi connectivity index (χ4n) is 1.29. The third-order valence-electron chi connectivity index (χ3n) is 2.16. The summed E-state index contributed by atoms with van der Waals surface area (Å²) < 4.78 is 0. The number of nitrogens with one attached hydrogen (secondary N) is 1. The third kappa shape index (κ3) is 3.41. The van der Waals surface area contributed by atoms with Gasteiger partial charge in [-0.1, -0.05) is 12.1 Å². The Morgan fingerprint density at radius 3 is 2.50 bits per heavy atom. The van der Waals surface area contributed by atoms with Gasteiger partial charge in [0.05, 0.1) is 0 Å². The van der Waals surface area contributed by atoms with E-state index < -0.39 is 0 Å². The molecule has 0 unspecified atom stereocenters. The van der Waals surface area contributed by atoms with Gasteiger partial charge in [0.2, 0.25) is 5.95 Å². The topological polar surface area (TPSA) is 80.9 Å². The van der Waals surface area contributed by atoms with Crippen molar-refractivity contribution in [1.82, 2.24) is 9.97 Å². The van der Waals surface area contributed by atoms with Crippen molar-refractivity contribution in [1.29, 1.82) is 0 Å². The summed E-state index contributed by atoms with van der Waals surface area (Å²) in [6.45, 7) is 0. The number of amides is 1. The second-order valence-electron chi connectivity index (χ2n) is 3.56. The molecule has 0 aliphatic rings. The van der Waals surface area contributed by atoms with E-state index in [9.17, 15) is 4.79 Å². The van der Waals surface area contributed by atoms with Crippen LogP contribution in [0.1, 0.15) is 5.56 Å². The van der Waals surface area contributed by atoms with Gasteiger partial charge in [0.25, 0.3) is 5.91 Å². The van der Waals surface area contributed by atoms with Crippen molar-refractivity contribution in [3.05, 3.63) is 54.4 Å². The lowest BCUT2D eigenvalue weighted by Crippen LogP contribution is -2.10. The summed E-state index contributed by atoms with van der Waals surface area (Å²) in [6.07, 6.45) is 6.23. The van der Waals surface area contributed by atoms with E-state index in [1.807, 2.05) is 12.1 Å². The van der Waals surface area contributed by atoms with Crippen LogP contribution in [0.3, 0.4) is 0 Å². The first-order valence-electron chi connectivity index (χ1n) is 5.36. The maximum atomic E-state index is 11.6. The molecule has 0 aliphatic carbocycles. The molecule has 1 aromatic carbocycles.